The van der Waals surface area contributed by atoms with Crippen LogP contribution in [0.15, 0.2) is 18.5 Å². The molecule has 0 saturated carbocycles. The van der Waals surface area contributed by atoms with Gasteiger partial charge in [0.15, 0.2) is 0 Å². The lowest BCUT2D eigenvalue weighted by molar-refractivity contribution is -0.125. The Labute approximate surface area is 143 Å². The van der Waals surface area contributed by atoms with Gasteiger partial charge in [-0.05, 0) is 53.0 Å². The van der Waals surface area contributed by atoms with E-state index >= 15 is 0 Å². The minimum Gasteiger partial charge on any atom is -0.444 e. The summed E-state index contributed by atoms with van der Waals surface area (Å²) >= 11 is 0. The van der Waals surface area contributed by atoms with E-state index in [-0.39, 0.29) is 24.1 Å². The van der Waals surface area contributed by atoms with Crippen molar-refractivity contribution in [3.63, 3.8) is 0 Å². The van der Waals surface area contributed by atoms with E-state index < -0.39 is 5.60 Å². The smallest absolute Gasteiger partial charge is 0.410 e. The minimum absolute atomic E-state index is 0.0467. The summed E-state index contributed by atoms with van der Waals surface area (Å²) in [4.78, 5) is 25.8. The molecular formula is C17H28N4O3. The Balaban J connectivity index is 1.70. The number of amides is 2. The number of carbonyl (C=O) groups is 2. The van der Waals surface area contributed by atoms with Crippen LogP contribution in [0, 0.1) is 5.92 Å². The molecular weight excluding hydrogens is 308 g/mol. The number of rotatable bonds is 5. The number of aromatic nitrogens is 2. The third kappa shape index (κ3) is 4.97. The van der Waals surface area contributed by atoms with Crippen LogP contribution in [0.5, 0.6) is 0 Å². The van der Waals surface area contributed by atoms with Crippen LogP contribution < -0.4 is 5.32 Å². The van der Waals surface area contributed by atoms with E-state index in [0.717, 1.165) is 6.42 Å². The zero-order valence-corrected chi connectivity index (χ0v) is 15.2. The van der Waals surface area contributed by atoms with Crippen LogP contribution in [-0.2, 0) is 9.53 Å². The fourth-order valence-electron chi connectivity index (χ4n) is 2.75. The number of ether oxygens (including phenoxy) is 1. The molecule has 0 radical (unpaired) electrons. The zero-order valence-electron chi connectivity index (χ0n) is 15.2. The molecule has 24 heavy (non-hydrogen) atoms. The minimum atomic E-state index is -0.466. The molecule has 1 aliphatic heterocycles. The van der Waals surface area contributed by atoms with Crippen molar-refractivity contribution in [2.45, 2.75) is 58.7 Å². The van der Waals surface area contributed by atoms with Gasteiger partial charge >= 0.3 is 6.09 Å². The molecule has 0 spiro atoms. The summed E-state index contributed by atoms with van der Waals surface area (Å²) in [6.45, 7) is 10.8. The van der Waals surface area contributed by atoms with Crippen LogP contribution in [-0.4, -0.2) is 51.4 Å². The number of nitrogens with one attached hydrogen (secondary N) is 1. The average molecular weight is 336 g/mol. The monoisotopic (exact) mass is 336 g/mol. The lowest BCUT2D eigenvalue weighted by Crippen LogP contribution is -2.53. The van der Waals surface area contributed by atoms with Gasteiger partial charge in [-0.15, -0.1) is 0 Å². The zero-order chi connectivity index (χ0) is 17.9. The first-order valence-corrected chi connectivity index (χ1v) is 8.43. The number of likely N-dealkylation sites (tertiary alicyclic amines) is 1. The summed E-state index contributed by atoms with van der Waals surface area (Å²) in [6, 6.07) is 1.52. The lowest BCUT2D eigenvalue weighted by atomic mass is 9.93. The third-order valence-electron chi connectivity index (χ3n) is 3.99. The molecule has 2 rings (SSSR count). The number of hydrogen-bond acceptors (Lipinski definition) is 4. The molecule has 1 aromatic heterocycles. The summed E-state index contributed by atoms with van der Waals surface area (Å²) in [5.41, 5.74) is -0.466. The molecule has 1 aromatic rings. The lowest BCUT2D eigenvalue weighted by Gasteiger charge is -2.40. The summed E-state index contributed by atoms with van der Waals surface area (Å²) in [6.07, 6.45) is 4.02. The maximum absolute atomic E-state index is 12.2. The van der Waals surface area contributed by atoms with E-state index in [1.54, 1.807) is 28.0 Å². The average Bonchev–Trinajstić information content (AvgIpc) is 2.93. The number of hydrogen-bond donors (Lipinski definition) is 1. The molecule has 1 N–H and O–H groups in total. The van der Waals surface area contributed by atoms with Crippen LogP contribution in [0.2, 0.25) is 0 Å². The molecule has 2 heterocycles. The second-order valence-electron chi connectivity index (χ2n) is 7.56. The highest BCUT2D eigenvalue weighted by Gasteiger charge is 2.34. The van der Waals surface area contributed by atoms with E-state index in [1.807, 2.05) is 34.6 Å². The van der Waals surface area contributed by atoms with Gasteiger partial charge in [0.2, 0.25) is 5.91 Å². The van der Waals surface area contributed by atoms with Gasteiger partial charge < -0.3 is 15.0 Å². The van der Waals surface area contributed by atoms with Crippen LogP contribution in [0.25, 0.3) is 0 Å². The van der Waals surface area contributed by atoms with Gasteiger partial charge in [0, 0.05) is 31.5 Å². The topological polar surface area (TPSA) is 76.5 Å². The fourth-order valence-corrected chi connectivity index (χ4v) is 2.75. The van der Waals surface area contributed by atoms with E-state index in [0.29, 0.717) is 19.0 Å². The molecule has 0 aliphatic carbocycles. The van der Waals surface area contributed by atoms with E-state index in [9.17, 15) is 9.59 Å². The fraction of sp³-hybridized carbons (Fsp3) is 0.706. The van der Waals surface area contributed by atoms with Crippen molar-refractivity contribution in [1.82, 2.24) is 20.0 Å². The van der Waals surface area contributed by atoms with Crippen LogP contribution in [0.4, 0.5) is 4.79 Å². The van der Waals surface area contributed by atoms with Crippen LogP contribution in [0.1, 0.15) is 47.1 Å². The molecule has 2 unspecified atom stereocenters. The van der Waals surface area contributed by atoms with Crippen molar-refractivity contribution < 1.29 is 14.3 Å². The maximum Gasteiger partial charge on any atom is 0.410 e. The quantitative estimate of drug-likeness (QED) is 0.894. The molecule has 134 valence electrons. The Morgan fingerprint density at radius 3 is 2.54 bits per heavy atom. The summed E-state index contributed by atoms with van der Waals surface area (Å²) in [7, 11) is 0. The first-order valence-electron chi connectivity index (χ1n) is 8.43. The normalized spacial score (nSPS) is 17.8. The van der Waals surface area contributed by atoms with Crippen LogP contribution >= 0.6 is 0 Å². The van der Waals surface area contributed by atoms with Gasteiger partial charge in [0.1, 0.15) is 11.6 Å². The highest BCUT2D eigenvalue weighted by Crippen LogP contribution is 2.23. The Morgan fingerprint density at radius 1 is 1.33 bits per heavy atom. The van der Waals surface area contributed by atoms with Gasteiger partial charge in [-0.1, -0.05) is 0 Å². The van der Waals surface area contributed by atoms with E-state index in [1.165, 1.54) is 0 Å². The third-order valence-corrected chi connectivity index (χ3v) is 3.99. The highest BCUT2D eigenvalue weighted by atomic mass is 16.6. The van der Waals surface area contributed by atoms with Crippen LogP contribution in [0.3, 0.4) is 0 Å². The maximum atomic E-state index is 12.2. The molecule has 2 atom stereocenters. The van der Waals surface area contributed by atoms with Gasteiger partial charge in [0.05, 0.1) is 0 Å². The molecule has 1 saturated heterocycles. The Morgan fingerprint density at radius 2 is 2.00 bits per heavy atom. The van der Waals surface area contributed by atoms with Crippen molar-refractivity contribution in [2.75, 3.05) is 13.1 Å². The summed E-state index contributed by atoms with van der Waals surface area (Å²) in [5.74, 6) is 0.349. The van der Waals surface area contributed by atoms with Crippen molar-refractivity contribution in [1.29, 1.82) is 0 Å². The molecule has 0 aromatic carbocycles. The van der Waals surface area contributed by atoms with E-state index in [2.05, 4.69) is 10.4 Å². The molecule has 0 bridgehead atoms. The Bertz CT molecular complexity index is 559. The predicted molar refractivity (Wildman–Crippen MR) is 90.5 cm³/mol. The standard InChI is InChI=1S/C17H28N4O3/c1-12(19-15(22)13(2)21-8-6-7-18-21)9-14-10-20(11-14)16(23)24-17(3,4)5/h6-8,12-14H,9-11H2,1-5H3,(H,19,22). The van der Waals surface area contributed by atoms with E-state index in [4.69, 9.17) is 4.74 Å². The molecule has 1 aliphatic rings. The van der Waals surface area contributed by atoms with Gasteiger partial charge in [-0.25, -0.2) is 4.79 Å². The largest absolute Gasteiger partial charge is 0.444 e. The van der Waals surface area contributed by atoms with Gasteiger partial charge in [0.25, 0.3) is 0 Å². The molecule has 1 fully saturated rings. The summed E-state index contributed by atoms with van der Waals surface area (Å²) in [5, 5.41) is 7.10. The van der Waals surface area contributed by atoms with Crippen molar-refractivity contribution in [2.24, 2.45) is 5.92 Å². The SMILES string of the molecule is CC(CC1CN(C(=O)OC(C)(C)C)C1)NC(=O)C(C)n1cccn1. The number of carbonyl (C=O) groups excluding carboxylic acids is 2. The Kier molecular flexibility index (Phi) is 5.51. The molecule has 7 heteroatoms. The van der Waals surface area contributed by atoms with Gasteiger partial charge in [-0.3, -0.25) is 9.48 Å². The van der Waals surface area contributed by atoms with Crippen molar-refractivity contribution in [3.05, 3.63) is 18.5 Å². The second-order valence-corrected chi connectivity index (χ2v) is 7.56. The first kappa shape index (κ1) is 18.3. The van der Waals surface area contributed by atoms with Crippen molar-refractivity contribution in [3.8, 4) is 0 Å². The molecule has 2 amide bonds. The first-order chi connectivity index (χ1) is 11.2. The molecule has 7 nitrogen and oxygen atoms in total. The summed E-state index contributed by atoms with van der Waals surface area (Å²) < 4.78 is 6.97. The second kappa shape index (κ2) is 7.23. The highest BCUT2D eigenvalue weighted by molar-refractivity contribution is 5.80. The van der Waals surface area contributed by atoms with Crippen molar-refractivity contribution >= 4 is 12.0 Å². The predicted octanol–water partition coefficient (Wildman–Crippen LogP) is 2.21. The Hall–Kier alpha value is -2.05. The van der Waals surface area contributed by atoms with Gasteiger partial charge in [-0.2, -0.15) is 5.10 Å². The number of nitrogens with zero attached hydrogens (tertiary/aromatic N) is 3.